The van der Waals surface area contributed by atoms with Crippen molar-refractivity contribution in [3.8, 4) is 50.7 Å². The van der Waals surface area contributed by atoms with Gasteiger partial charge in [-0.25, -0.2) is 9.37 Å². The van der Waals surface area contributed by atoms with Gasteiger partial charge in [0.05, 0.1) is 22.4 Å². The second-order valence-electron chi connectivity index (χ2n) is 17.4. The number of para-hydroxylation sites is 2. The van der Waals surface area contributed by atoms with Crippen LogP contribution in [0, 0.1) is 5.82 Å². The number of hydrogen-bond acceptors (Lipinski definition) is 4. The molecule has 0 N–H and O–H groups in total. The summed E-state index contributed by atoms with van der Waals surface area (Å²) < 4.78 is 23.6. The molecular weight excluding hydrogens is 788 g/mol. The van der Waals surface area contributed by atoms with E-state index >= 15 is 0 Å². The minimum Gasteiger partial charge on any atom is -0.457 e. The van der Waals surface area contributed by atoms with Crippen LogP contribution in [0.25, 0.3) is 61.0 Å². The summed E-state index contributed by atoms with van der Waals surface area (Å²) in [7, 11) is 0. The molecule has 1 aliphatic heterocycles. The Morgan fingerprint density at radius 1 is 0.516 bits per heavy atom. The number of pyridine rings is 1. The molecule has 0 radical (unpaired) electrons. The summed E-state index contributed by atoms with van der Waals surface area (Å²) in [4.78, 5) is 9.61. The Labute approximate surface area is 372 Å². The van der Waals surface area contributed by atoms with E-state index in [1.807, 2.05) is 36.5 Å². The van der Waals surface area contributed by atoms with Crippen LogP contribution in [-0.2, 0) is 5.41 Å². The average Bonchev–Trinajstić information content (AvgIpc) is 3.88. The quantitative estimate of drug-likeness (QED) is 0.153. The number of ether oxygens (including phenoxy) is 1. The fourth-order valence-corrected chi connectivity index (χ4v) is 9.26. The Morgan fingerprint density at radius 3 is 1.88 bits per heavy atom. The molecule has 3 heterocycles. The lowest BCUT2D eigenvalue weighted by molar-refractivity contribution is 0.483. The minimum atomic E-state index is -0.279. The van der Waals surface area contributed by atoms with Crippen molar-refractivity contribution in [2.75, 3.05) is 16.5 Å². The van der Waals surface area contributed by atoms with Crippen LogP contribution >= 0.6 is 0 Å². The molecule has 1 aliphatic rings. The van der Waals surface area contributed by atoms with Gasteiger partial charge in [0.1, 0.15) is 29.8 Å². The standard InChI is InChI=1S/C58H45FN4O/c1-58(2,3)41-32-33-60-55(34-41)63-52-31-28-42(59)35-51(52)49-30-29-46(37-54(49)63)64-45-23-13-22-44(36-45)61-38-62(43-20-11-6-12-21-43)57-50(26-15-27-53(57)61)56-47(39-16-7-4-8-17-39)24-14-25-48(56)40-18-9-5-10-19-40/h4-37H,38H2,1-3H3. The molecule has 0 spiro atoms. The number of hydrogen-bond donors (Lipinski definition) is 0. The van der Waals surface area contributed by atoms with Crippen LogP contribution in [0.15, 0.2) is 206 Å². The molecule has 8 aromatic carbocycles. The van der Waals surface area contributed by atoms with Crippen LogP contribution in [0.2, 0.25) is 0 Å². The van der Waals surface area contributed by atoms with Crippen LogP contribution in [0.1, 0.15) is 26.3 Å². The van der Waals surface area contributed by atoms with E-state index in [0.29, 0.717) is 18.2 Å². The Balaban J connectivity index is 1.02. The average molecular weight is 833 g/mol. The first kappa shape index (κ1) is 38.9. The van der Waals surface area contributed by atoms with Crippen molar-refractivity contribution in [3.63, 3.8) is 0 Å². The molecule has 0 amide bonds. The Bertz CT molecular complexity index is 3280. The van der Waals surface area contributed by atoms with E-state index in [-0.39, 0.29) is 11.2 Å². The van der Waals surface area contributed by atoms with Crippen molar-refractivity contribution >= 4 is 44.6 Å². The van der Waals surface area contributed by atoms with E-state index in [0.717, 1.165) is 61.5 Å². The summed E-state index contributed by atoms with van der Waals surface area (Å²) in [5.41, 5.74) is 14.2. The highest BCUT2D eigenvalue weighted by molar-refractivity contribution is 6.10. The lowest BCUT2D eigenvalue weighted by atomic mass is 9.86. The van der Waals surface area contributed by atoms with Gasteiger partial charge in [-0.2, -0.15) is 0 Å². The third kappa shape index (κ3) is 6.94. The third-order valence-corrected chi connectivity index (χ3v) is 12.3. The first-order valence-corrected chi connectivity index (χ1v) is 21.7. The number of fused-ring (bicyclic) bond motifs is 4. The summed E-state index contributed by atoms with van der Waals surface area (Å²) in [6, 6.07) is 68.8. The first-order chi connectivity index (χ1) is 31.3. The topological polar surface area (TPSA) is 33.5 Å². The van der Waals surface area contributed by atoms with E-state index in [1.165, 1.54) is 33.9 Å². The zero-order valence-electron chi connectivity index (χ0n) is 35.9. The van der Waals surface area contributed by atoms with Crippen molar-refractivity contribution < 1.29 is 9.13 Å². The summed E-state index contributed by atoms with van der Waals surface area (Å²) in [6.45, 7) is 7.18. The van der Waals surface area contributed by atoms with Gasteiger partial charge >= 0.3 is 0 Å². The van der Waals surface area contributed by atoms with Gasteiger partial charge in [-0.05, 0) is 112 Å². The molecule has 10 aromatic rings. The van der Waals surface area contributed by atoms with Gasteiger partial charge in [-0.15, -0.1) is 0 Å². The maximum atomic E-state index is 14.8. The van der Waals surface area contributed by atoms with Gasteiger partial charge in [-0.1, -0.05) is 136 Å². The molecule has 2 aromatic heterocycles. The second kappa shape index (κ2) is 15.7. The van der Waals surface area contributed by atoms with Gasteiger partial charge in [0.25, 0.3) is 0 Å². The number of aromatic nitrogens is 2. The highest BCUT2D eigenvalue weighted by Gasteiger charge is 2.32. The normalized spacial score (nSPS) is 12.6. The molecule has 0 saturated carbocycles. The lowest BCUT2D eigenvalue weighted by Crippen LogP contribution is -2.24. The summed E-state index contributed by atoms with van der Waals surface area (Å²) in [5.74, 6) is 1.87. The van der Waals surface area contributed by atoms with Crippen molar-refractivity contribution in [3.05, 3.63) is 218 Å². The summed E-state index contributed by atoms with van der Waals surface area (Å²) in [5, 5.41) is 1.75. The van der Waals surface area contributed by atoms with Crippen LogP contribution < -0.4 is 14.5 Å². The molecule has 64 heavy (non-hydrogen) atoms. The van der Waals surface area contributed by atoms with Gasteiger partial charge in [0.2, 0.25) is 0 Å². The zero-order chi connectivity index (χ0) is 43.4. The molecule has 0 saturated heterocycles. The Morgan fingerprint density at radius 2 is 1.16 bits per heavy atom. The minimum absolute atomic E-state index is 0.0743. The van der Waals surface area contributed by atoms with Gasteiger partial charge in [-0.3, -0.25) is 4.57 Å². The molecule has 0 bridgehead atoms. The van der Waals surface area contributed by atoms with Gasteiger partial charge in [0, 0.05) is 46.0 Å². The summed E-state index contributed by atoms with van der Waals surface area (Å²) in [6.07, 6.45) is 1.85. The van der Waals surface area contributed by atoms with Crippen LogP contribution in [0.3, 0.4) is 0 Å². The number of halogens is 1. The smallest absolute Gasteiger partial charge is 0.137 e. The number of nitrogens with zero attached hydrogens (tertiary/aromatic N) is 4. The third-order valence-electron chi connectivity index (χ3n) is 12.3. The molecule has 6 heteroatoms. The maximum Gasteiger partial charge on any atom is 0.137 e. The molecule has 0 aliphatic carbocycles. The van der Waals surface area contributed by atoms with Crippen molar-refractivity contribution in [1.29, 1.82) is 0 Å². The molecule has 11 rings (SSSR count). The summed E-state index contributed by atoms with van der Waals surface area (Å²) >= 11 is 0. The predicted octanol–water partition coefficient (Wildman–Crippen LogP) is 15.7. The molecule has 0 atom stereocenters. The van der Waals surface area contributed by atoms with E-state index in [1.54, 1.807) is 6.07 Å². The van der Waals surface area contributed by atoms with Crippen molar-refractivity contribution in [2.45, 2.75) is 26.2 Å². The zero-order valence-corrected chi connectivity index (χ0v) is 35.9. The van der Waals surface area contributed by atoms with E-state index in [4.69, 9.17) is 9.72 Å². The molecule has 5 nitrogen and oxygen atoms in total. The lowest BCUT2D eigenvalue weighted by Gasteiger charge is -2.24. The highest BCUT2D eigenvalue weighted by atomic mass is 19.1. The van der Waals surface area contributed by atoms with E-state index in [9.17, 15) is 4.39 Å². The van der Waals surface area contributed by atoms with Crippen molar-refractivity contribution in [1.82, 2.24) is 9.55 Å². The highest BCUT2D eigenvalue weighted by Crippen LogP contribution is 2.53. The SMILES string of the molecule is CC(C)(C)c1ccnc(-n2c3ccc(F)cc3c3ccc(Oc4cccc(N5CN(c6ccccc6)c6c(-c7c(-c8ccccc8)cccc7-c7ccccc7)cccc65)c4)cc32)c1. The first-order valence-electron chi connectivity index (χ1n) is 21.7. The van der Waals surface area contributed by atoms with Gasteiger partial charge in [0.15, 0.2) is 0 Å². The van der Waals surface area contributed by atoms with Crippen LogP contribution in [0.5, 0.6) is 11.5 Å². The van der Waals surface area contributed by atoms with Crippen molar-refractivity contribution in [2.24, 2.45) is 0 Å². The molecule has 310 valence electrons. The van der Waals surface area contributed by atoms with Gasteiger partial charge < -0.3 is 14.5 Å². The maximum absolute atomic E-state index is 14.8. The molecular formula is C58H45FN4O. The number of benzene rings is 8. The monoisotopic (exact) mass is 832 g/mol. The Hall–Kier alpha value is -7.96. The number of anilines is 4. The second-order valence-corrected chi connectivity index (χ2v) is 17.4. The van der Waals surface area contributed by atoms with Crippen LogP contribution in [-0.4, -0.2) is 16.2 Å². The molecule has 0 fully saturated rings. The van der Waals surface area contributed by atoms with E-state index < -0.39 is 0 Å². The van der Waals surface area contributed by atoms with E-state index in [2.05, 4.69) is 193 Å². The Kier molecular flexibility index (Phi) is 9.58. The van der Waals surface area contributed by atoms with Crippen LogP contribution in [0.4, 0.5) is 27.1 Å². The largest absolute Gasteiger partial charge is 0.457 e. The molecule has 0 unspecified atom stereocenters. The fourth-order valence-electron chi connectivity index (χ4n) is 9.26. The predicted molar refractivity (Wildman–Crippen MR) is 262 cm³/mol. The fraction of sp³-hybridized carbons (Fsp3) is 0.0862. The number of rotatable bonds is 8.